The van der Waals surface area contributed by atoms with Gasteiger partial charge in [-0.05, 0) is 26.3 Å². The Bertz CT molecular complexity index is 585. The van der Waals surface area contributed by atoms with Gasteiger partial charge in [0.15, 0.2) is 9.84 Å². The summed E-state index contributed by atoms with van der Waals surface area (Å²) in [5.41, 5.74) is 0.733. The fourth-order valence-corrected chi connectivity index (χ4v) is 3.67. The van der Waals surface area contributed by atoms with Crippen LogP contribution >= 0.6 is 11.3 Å². The molecule has 0 radical (unpaired) electrons. The molecule has 106 valence electrons. The van der Waals surface area contributed by atoms with Crippen LogP contribution in [0.15, 0.2) is 6.08 Å². The van der Waals surface area contributed by atoms with E-state index in [1.54, 1.807) is 13.8 Å². The summed E-state index contributed by atoms with van der Waals surface area (Å²) in [5, 5.41) is 8.67. The van der Waals surface area contributed by atoms with Gasteiger partial charge in [-0.3, -0.25) is 0 Å². The first-order valence-corrected chi connectivity index (χ1v) is 8.40. The third kappa shape index (κ3) is 4.43. The second kappa shape index (κ2) is 6.29. The number of carboxylic acids is 1. The van der Waals surface area contributed by atoms with Crippen LogP contribution < -0.4 is 0 Å². The van der Waals surface area contributed by atoms with Crippen molar-refractivity contribution in [3.8, 4) is 0 Å². The summed E-state index contributed by atoms with van der Waals surface area (Å²) >= 11 is 1.23. The summed E-state index contributed by atoms with van der Waals surface area (Å²) in [7, 11) is -3.19. The molecule has 7 heteroatoms. The van der Waals surface area contributed by atoms with Crippen molar-refractivity contribution in [1.82, 2.24) is 4.98 Å². The first kappa shape index (κ1) is 15.8. The van der Waals surface area contributed by atoms with Gasteiger partial charge in [0.2, 0.25) is 0 Å². The van der Waals surface area contributed by atoms with Crippen LogP contribution in [0.2, 0.25) is 0 Å². The van der Waals surface area contributed by atoms with Crippen molar-refractivity contribution < 1.29 is 18.3 Å². The molecule has 19 heavy (non-hydrogen) atoms. The van der Waals surface area contributed by atoms with Gasteiger partial charge in [-0.2, -0.15) is 0 Å². The lowest BCUT2D eigenvalue weighted by Crippen LogP contribution is -2.15. The summed E-state index contributed by atoms with van der Waals surface area (Å²) in [4.78, 5) is 15.5. The molecule has 1 aromatic heterocycles. The third-order valence-corrected chi connectivity index (χ3v) is 5.88. The van der Waals surface area contributed by atoms with Crippen LogP contribution in [0.5, 0.6) is 0 Å². The van der Waals surface area contributed by atoms with Gasteiger partial charge in [-0.15, -0.1) is 11.3 Å². The highest BCUT2D eigenvalue weighted by Crippen LogP contribution is 2.23. The number of sulfone groups is 1. The number of nitrogens with zero attached hydrogens (tertiary/aromatic N) is 1. The zero-order chi connectivity index (χ0) is 14.6. The van der Waals surface area contributed by atoms with Crippen molar-refractivity contribution in [2.24, 2.45) is 0 Å². The highest BCUT2D eigenvalue weighted by molar-refractivity contribution is 7.91. The first-order valence-electron chi connectivity index (χ1n) is 5.87. The third-order valence-electron chi connectivity index (χ3n) is 2.53. The standard InChI is InChI=1S/C12H17NO4S2/c1-4-9-10(5-6-12(14)15)18-11(13-9)7-19(16,17)8(2)3/h5-6,8H,4,7H2,1-3H3,(H,14,15)/b6-5+. The molecule has 0 amide bonds. The minimum absolute atomic E-state index is 0.0940. The Morgan fingerprint density at radius 1 is 1.47 bits per heavy atom. The van der Waals surface area contributed by atoms with E-state index < -0.39 is 21.1 Å². The Kier molecular flexibility index (Phi) is 5.25. The molecule has 0 saturated heterocycles. The lowest BCUT2D eigenvalue weighted by Gasteiger charge is -2.04. The quantitative estimate of drug-likeness (QED) is 0.814. The van der Waals surface area contributed by atoms with E-state index in [4.69, 9.17) is 5.11 Å². The van der Waals surface area contributed by atoms with Crippen molar-refractivity contribution >= 4 is 33.2 Å². The average molecular weight is 303 g/mol. The van der Waals surface area contributed by atoms with Crippen molar-refractivity contribution in [3.05, 3.63) is 21.7 Å². The maximum absolute atomic E-state index is 11.8. The molecular formula is C12H17NO4S2. The van der Waals surface area contributed by atoms with Crippen LogP contribution in [0.1, 0.15) is 36.3 Å². The maximum atomic E-state index is 11.8. The molecule has 0 atom stereocenters. The van der Waals surface area contributed by atoms with Crippen LogP contribution in [-0.4, -0.2) is 29.7 Å². The zero-order valence-corrected chi connectivity index (χ0v) is 12.7. The molecule has 0 aromatic carbocycles. The highest BCUT2D eigenvalue weighted by Gasteiger charge is 2.20. The van der Waals surface area contributed by atoms with E-state index >= 15 is 0 Å². The van der Waals surface area contributed by atoms with Crippen LogP contribution in [0.25, 0.3) is 6.08 Å². The summed E-state index contributed by atoms with van der Waals surface area (Å²) in [5.74, 6) is -1.13. The Morgan fingerprint density at radius 2 is 2.11 bits per heavy atom. The number of hydrogen-bond acceptors (Lipinski definition) is 5. The maximum Gasteiger partial charge on any atom is 0.328 e. The van der Waals surface area contributed by atoms with Gasteiger partial charge in [0, 0.05) is 6.08 Å². The SMILES string of the molecule is CCc1nc(CS(=O)(=O)C(C)C)sc1/C=C/C(=O)O. The second-order valence-corrected chi connectivity index (χ2v) is 7.97. The van der Waals surface area contributed by atoms with E-state index in [1.165, 1.54) is 17.4 Å². The number of carbonyl (C=O) groups is 1. The Hall–Kier alpha value is -1.21. The predicted octanol–water partition coefficient (Wildman–Crippen LogP) is 2.13. The van der Waals surface area contributed by atoms with Gasteiger partial charge in [0.1, 0.15) is 10.8 Å². The lowest BCUT2D eigenvalue weighted by molar-refractivity contribution is -0.131. The fraction of sp³-hybridized carbons (Fsp3) is 0.500. The van der Waals surface area contributed by atoms with Gasteiger partial charge in [-0.1, -0.05) is 6.92 Å². The zero-order valence-electron chi connectivity index (χ0n) is 11.1. The molecule has 0 spiro atoms. The Morgan fingerprint density at radius 3 is 2.58 bits per heavy atom. The number of aliphatic carboxylic acids is 1. The summed E-state index contributed by atoms with van der Waals surface area (Å²) in [6.45, 7) is 5.16. The topological polar surface area (TPSA) is 84.3 Å². The molecule has 1 heterocycles. The minimum atomic E-state index is -3.19. The van der Waals surface area contributed by atoms with Gasteiger partial charge in [-0.25, -0.2) is 18.2 Å². The molecule has 1 rings (SSSR count). The van der Waals surface area contributed by atoms with Crippen molar-refractivity contribution in [2.75, 3.05) is 0 Å². The highest BCUT2D eigenvalue weighted by atomic mass is 32.2. The van der Waals surface area contributed by atoms with Crippen LogP contribution in [0.3, 0.4) is 0 Å². The first-order chi connectivity index (χ1) is 8.76. The van der Waals surface area contributed by atoms with Crippen molar-refractivity contribution in [1.29, 1.82) is 0 Å². The largest absolute Gasteiger partial charge is 0.478 e. The van der Waals surface area contributed by atoms with Gasteiger partial charge in [0.25, 0.3) is 0 Å². The summed E-state index contributed by atoms with van der Waals surface area (Å²) < 4.78 is 23.7. The Balaban J connectivity index is 3.03. The molecular weight excluding hydrogens is 286 g/mol. The van der Waals surface area contributed by atoms with Crippen LogP contribution in [0, 0.1) is 0 Å². The van der Waals surface area contributed by atoms with Crippen molar-refractivity contribution in [2.45, 2.75) is 38.2 Å². The molecule has 0 aliphatic carbocycles. The molecule has 0 aliphatic rings. The van der Waals surface area contributed by atoms with E-state index in [-0.39, 0.29) is 5.75 Å². The van der Waals surface area contributed by atoms with E-state index in [0.717, 1.165) is 11.8 Å². The van der Waals surface area contributed by atoms with Gasteiger partial charge < -0.3 is 5.11 Å². The lowest BCUT2D eigenvalue weighted by atomic mass is 10.3. The molecule has 0 unspecified atom stereocenters. The minimum Gasteiger partial charge on any atom is -0.478 e. The van der Waals surface area contributed by atoms with E-state index in [2.05, 4.69) is 4.98 Å². The van der Waals surface area contributed by atoms with E-state index in [0.29, 0.717) is 16.3 Å². The van der Waals surface area contributed by atoms with E-state index in [9.17, 15) is 13.2 Å². The number of carboxylic acid groups (broad SMARTS) is 1. The second-order valence-electron chi connectivity index (χ2n) is 4.30. The number of aryl methyl sites for hydroxylation is 1. The number of thiazole rings is 1. The molecule has 0 fully saturated rings. The Labute approximate surface area is 116 Å². The smallest absolute Gasteiger partial charge is 0.328 e. The summed E-state index contributed by atoms with van der Waals surface area (Å²) in [6.07, 6.45) is 3.13. The summed E-state index contributed by atoms with van der Waals surface area (Å²) in [6, 6.07) is 0. The average Bonchev–Trinajstić information content (AvgIpc) is 2.67. The number of hydrogen-bond donors (Lipinski definition) is 1. The molecule has 0 aliphatic heterocycles. The van der Waals surface area contributed by atoms with Crippen LogP contribution in [-0.2, 0) is 26.8 Å². The van der Waals surface area contributed by atoms with E-state index in [1.807, 2.05) is 6.92 Å². The van der Waals surface area contributed by atoms with Gasteiger partial charge in [0.05, 0.1) is 15.8 Å². The molecule has 0 saturated carbocycles. The number of aromatic nitrogens is 1. The normalized spacial score (nSPS) is 12.4. The fourth-order valence-electron chi connectivity index (χ4n) is 1.35. The molecule has 5 nitrogen and oxygen atoms in total. The van der Waals surface area contributed by atoms with Crippen molar-refractivity contribution in [3.63, 3.8) is 0 Å². The monoisotopic (exact) mass is 303 g/mol. The number of rotatable bonds is 6. The van der Waals surface area contributed by atoms with Gasteiger partial charge >= 0.3 is 5.97 Å². The molecule has 1 aromatic rings. The molecule has 1 N–H and O–H groups in total. The van der Waals surface area contributed by atoms with Crippen LogP contribution in [0.4, 0.5) is 0 Å². The molecule has 0 bridgehead atoms. The predicted molar refractivity (Wildman–Crippen MR) is 75.9 cm³/mol.